The second-order valence-electron chi connectivity index (χ2n) is 3.30. The van der Waals surface area contributed by atoms with Gasteiger partial charge in [-0.2, -0.15) is 0 Å². The summed E-state index contributed by atoms with van der Waals surface area (Å²) in [5.74, 6) is 6.08. The molecule has 0 saturated heterocycles. The number of hydrogen-bond donors (Lipinski definition) is 1. The minimum Gasteiger partial charge on any atom is -0.335 e. The van der Waals surface area contributed by atoms with Crippen LogP contribution in [0.25, 0.3) is 10.9 Å². The van der Waals surface area contributed by atoms with Gasteiger partial charge in [-0.3, -0.25) is 4.79 Å². The Hall–Kier alpha value is -1.84. The first-order valence-electron chi connectivity index (χ1n) is 4.35. The number of rotatable bonds is 0. The Bertz CT molecular complexity index is 557. The highest BCUT2D eigenvalue weighted by Crippen LogP contribution is 2.11. The Kier molecular flexibility index (Phi) is 1.77. The van der Waals surface area contributed by atoms with Crippen molar-refractivity contribution in [2.45, 2.75) is 13.8 Å². The van der Waals surface area contributed by atoms with Gasteiger partial charge in [0.15, 0.2) is 0 Å². The van der Waals surface area contributed by atoms with E-state index in [1.165, 1.54) is 0 Å². The smallest absolute Gasteiger partial charge is 0.280 e. The van der Waals surface area contributed by atoms with E-state index in [2.05, 4.69) is 4.98 Å². The molecule has 2 N–H and O–H groups in total. The molecule has 2 rings (SSSR count). The van der Waals surface area contributed by atoms with Crippen LogP contribution >= 0.6 is 0 Å². The lowest BCUT2D eigenvalue weighted by molar-refractivity contribution is 0.851. The Labute approximate surface area is 81.0 Å². The predicted molar refractivity (Wildman–Crippen MR) is 55.6 cm³/mol. The molecule has 0 saturated carbocycles. The lowest BCUT2D eigenvalue weighted by Gasteiger charge is -2.05. The van der Waals surface area contributed by atoms with Gasteiger partial charge in [-0.15, -0.1) is 0 Å². The summed E-state index contributed by atoms with van der Waals surface area (Å²) in [6, 6.07) is 5.57. The van der Waals surface area contributed by atoms with E-state index in [1.807, 2.05) is 25.1 Å². The molecule has 14 heavy (non-hydrogen) atoms. The lowest BCUT2D eigenvalue weighted by Crippen LogP contribution is -2.30. The molecule has 4 nitrogen and oxygen atoms in total. The van der Waals surface area contributed by atoms with Crippen molar-refractivity contribution in [3.05, 3.63) is 39.9 Å². The summed E-state index contributed by atoms with van der Waals surface area (Å²) in [5, 5.41) is 0.598. The number of aryl methyl sites for hydroxylation is 2. The summed E-state index contributed by atoms with van der Waals surface area (Å²) in [4.78, 5) is 16.0. The van der Waals surface area contributed by atoms with Crippen LogP contribution in [-0.2, 0) is 0 Å². The predicted octanol–water partition coefficient (Wildman–Crippen LogP) is 0.727. The van der Waals surface area contributed by atoms with Gasteiger partial charge in [0.25, 0.3) is 5.56 Å². The highest BCUT2D eigenvalue weighted by molar-refractivity contribution is 5.80. The van der Waals surface area contributed by atoms with E-state index in [1.54, 1.807) is 6.92 Å². The maximum Gasteiger partial charge on any atom is 0.280 e. The van der Waals surface area contributed by atoms with Crippen molar-refractivity contribution in [2.24, 2.45) is 0 Å². The second-order valence-corrected chi connectivity index (χ2v) is 3.30. The van der Waals surface area contributed by atoms with Crippen LogP contribution in [0.3, 0.4) is 0 Å². The number of nitrogens with zero attached hydrogens (tertiary/aromatic N) is 2. The highest BCUT2D eigenvalue weighted by atomic mass is 16.1. The van der Waals surface area contributed by atoms with E-state index in [9.17, 15) is 4.79 Å². The molecule has 0 amide bonds. The van der Waals surface area contributed by atoms with Crippen LogP contribution < -0.4 is 11.4 Å². The fraction of sp³-hybridized carbons (Fsp3) is 0.200. The zero-order valence-electron chi connectivity index (χ0n) is 8.11. The van der Waals surface area contributed by atoms with Crippen LogP contribution in [0, 0.1) is 13.8 Å². The molecule has 0 aliphatic carbocycles. The normalized spacial score (nSPS) is 10.7. The number of benzene rings is 1. The van der Waals surface area contributed by atoms with Crippen LogP contribution in [0.15, 0.2) is 23.0 Å². The summed E-state index contributed by atoms with van der Waals surface area (Å²) in [5.41, 5.74) is 1.42. The molecule has 0 aliphatic heterocycles. The van der Waals surface area contributed by atoms with Gasteiger partial charge in [0.2, 0.25) is 0 Å². The molecule has 0 atom stereocenters. The molecule has 0 radical (unpaired) electrons. The van der Waals surface area contributed by atoms with Crippen molar-refractivity contribution in [1.29, 1.82) is 0 Å². The van der Waals surface area contributed by atoms with Crippen LogP contribution in [-0.4, -0.2) is 9.66 Å². The number of hydrogen-bond acceptors (Lipinski definition) is 3. The average molecular weight is 189 g/mol. The van der Waals surface area contributed by atoms with Crippen molar-refractivity contribution in [2.75, 3.05) is 5.84 Å². The van der Waals surface area contributed by atoms with E-state index >= 15 is 0 Å². The Balaban J connectivity index is 3.07. The summed E-state index contributed by atoms with van der Waals surface area (Å²) in [6.45, 7) is 3.59. The highest BCUT2D eigenvalue weighted by Gasteiger charge is 2.06. The Morgan fingerprint density at radius 2 is 2.07 bits per heavy atom. The zero-order valence-corrected chi connectivity index (χ0v) is 8.11. The van der Waals surface area contributed by atoms with Gasteiger partial charge < -0.3 is 5.84 Å². The van der Waals surface area contributed by atoms with Gasteiger partial charge in [-0.25, -0.2) is 9.66 Å². The van der Waals surface area contributed by atoms with E-state index < -0.39 is 0 Å². The van der Waals surface area contributed by atoms with E-state index in [0.717, 1.165) is 10.2 Å². The quantitative estimate of drug-likeness (QED) is 0.621. The third-order valence-corrected chi connectivity index (χ3v) is 2.31. The minimum atomic E-state index is -0.189. The van der Waals surface area contributed by atoms with Crippen molar-refractivity contribution in [1.82, 2.24) is 9.66 Å². The van der Waals surface area contributed by atoms with Crippen molar-refractivity contribution >= 4 is 10.9 Å². The molecule has 2 aromatic rings. The van der Waals surface area contributed by atoms with Crippen LogP contribution in [0.4, 0.5) is 0 Å². The molecule has 0 bridgehead atoms. The van der Waals surface area contributed by atoms with Gasteiger partial charge in [0, 0.05) is 0 Å². The van der Waals surface area contributed by atoms with E-state index in [-0.39, 0.29) is 5.56 Å². The first kappa shape index (κ1) is 8.74. The van der Waals surface area contributed by atoms with Crippen LogP contribution in [0.2, 0.25) is 0 Å². The first-order chi connectivity index (χ1) is 6.61. The standard InChI is InChI=1S/C10H11N3O/c1-6-4-3-5-8-9(6)10(14)13(11)7(2)12-8/h3-5H,11H2,1-2H3. The lowest BCUT2D eigenvalue weighted by atomic mass is 10.1. The molecule has 0 aliphatic rings. The maximum absolute atomic E-state index is 11.8. The Morgan fingerprint density at radius 3 is 2.79 bits per heavy atom. The molecule has 0 spiro atoms. The summed E-state index contributed by atoms with van der Waals surface area (Å²) < 4.78 is 1.08. The summed E-state index contributed by atoms with van der Waals surface area (Å²) in [6.07, 6.45) is 0. The third-order valence-electron chi connectivity index (χ3n) is 2.31. The minimum absolute atomic E-state index is 0.189. The van der Waals surface area contributed by atoms with Gasteiger partial charge in [0.1, 0.15) is 5.82 Å². The Morgan fingerprint density at radius 1 is 1.36 bits per heavy atom. The van der Waals surface area contributed by atoms with Gasteiger partial charge in [0.05, 0.1) is 10.9 Å². The summed E-state index contributed by atoms with van der Waals surface area (Å²) in [7, 11) is 0. The third kappa shape index (κ3) is 1.08. The first-order valence-corrected chi connectivity index (χ1v) is 4.35. The number of fused-ring (bicyclic) bond motifs is 1. The molecule has 0 fully saturated rings. The van der Waals surface area contributed by atoms with Gasteiger partial charge >= 0.3 is 0 Å². The van der Waals surface area contributed by atoms with E-state index in [0.29, 0.717) is 16.7 Å². The molecular weight excluding hydrogens is 178 g/mol. The number of nitrogens with two attached hydrogens (primary N) is 1. The van der Waals surface area contributed by atoms with Gasteiger partial charge in [-0.1, -0.05) is 12.1 Å². The molecule has 1 aromatic carbocycles. The van der Waals surface area contributed by atoms with Crippen LogP contribution in [0.5, 0.6) is 0 Å². The van der Waals surface area contributed by atoms with Crippen LogP contribution in [0.1, 0.15) is 11.4 Å². The van der Waals surface area contributed by atoms with Crippen molar-refractivity contribution in [3.63, 3.8) is 0 Å². The molecule has 1 aromatic heterocycles. The fourth-order valence-corrected chi connectivity index (χ4v) is 1.52. The zero-order chi connectivity index (χ0) is 10.3. The SMILES string of the molecule is Cc1cccc2nc(C)n(N)c(=O)c12. The monoisotopic (exact) mass is 189 g/mol. The van der Waals surface area contributed by atoms with Gasteiger partial charge in [-0.05, 0) is 25.5 Å². The van der Waals surface area contributed by atoms with E-state index in [4.69, 9.17) is 5.84 Å². The largest absolute Gasteiger partial charge is 0.335 e. The van der Waals surface area contributed by atoms with Crippen molar-refractivity contribution < 1.29 is 0 Å². The average Bonchev–Trinajstić information content (AvgIpc) is 2.14. The molecular formula is C10H11N3O. The maximum atomic E-state index is 11.8. The number of nitrogen functional groups attached to an aromatic ring is 1. The summed E-state index contributed by atoms with van der Waals surface area (Å²) >= 11 is 0. The molecule has 0 unspecified atom stereocenters. The van der Waals surface area contributed by atoms with Crippen molar-refractivity contribution in [3.8, 4) is 0 Å². The molecule has 4 heteroatoms. The fourth-order valence-electron chi connectivity index (χ4n) is 1.52. The number of aromatic nitrogens is 2. The second kappa shape index (κ2) is 2.83. The molecule has 72 valence electrons. The topological polar surface area (TPSA) is 60.9 Å². The molecule has 1 heterocycles.